The highest BCUT2D eigenvalue weighted by molar-refractivity contribution is 6.39. The van der Waals surface area contributed by atoms with E-state index in [2.05, 4.69) is 119 Å². The Labute approximate surface area is 217 Å². The van der Waals surface area contributed by atoms with Gasteiger partial charge in [-0.3, -0.25) is 0 Å². The number of aryl methyl sites for hydroxylation is 2. The molecule has 1 nitrogen and oxygen atoms in total. The number of fused-ring (bicyclic) bond motifs is 1. The molecule has 1 atom stereocenters. The Kier molecular flexibility index (Phi) is 7.14. The van der Waals surface area contributed by atoms with Crippen LogP contribution in [0, 0.1) is 13.8 Å². The van der Waals surface area contributed by atoms with E-state index >= 15 is 0 Å². The Morgan fingerprint density at radius 3 is 2.31 bits per heavy atom. The first-order valence-corrected chi connectivity index (χ1v) is 13.0. The summed E-state index contributed by atoms with van der Waals surface area (Å²) in [5.41, 5.74) is 12.0. The van der Waals surface area contributed by atoms with Crippen molar-refractivity contribution < 1.29 is 4.74 Å². The molecule has 0 bridgehead atoms. The molecule has 0 spiro atoms. The first-order valence-electron chi connectivity index (χ1n) is 13.0. The Bertz CT molecular complexity index is 1390. The van der Waals surface area contributed by atoms with E-state index in [4.69, 9.17) is 4.74 Å². The highest BCUT2D eigenvalue weighted by atomic mass is 16.5. The van der Waals surface area contributed by atoms with E-state index in [9.17, 15) is 0 Å². The van der Waals surface area contributed by atoms with Gasteiger partial charge in [0.1, 0.15) is 18.8 Å². The SMILES string of the molecule is C=C1/C=C(/c2ccccc2C)CCc2c(CC3=CCC([B]C)C(c4ccccc4C)=C3)cccc2O1. The topological polar surface area (TPSA) is 9.23 Å². The summed E-state index contributed by atoms with van der Waals surface area (Å²) in [6, 6.07) is 23.8. The minimum absolute atomic E-state index is 0.458. The van der Waals surface area contributed by atoms with Gasteiger partial charge in [0, 0.05) is 0 Å². The highest BCUT2D eigenvalue weighted by Crippen LogP contribution is 2.39. The molecule has 0 aromatic heterocycles. The molecule has 0 N–H and O–H groups in total. The third kappa shape index (κ3) is 5.04. The molecular weight excluding hydrogens is 435 g/mol. The molecule has 1 heterocycles. The lowest BCUT2D eigenvalue weighted by Crippen LogP contribution is -2.10. The summed E-state index contributed by atoms with van der Waals surface area (Å²) < 4.78 is 6.29. The van der Waals surface area contributed by atoms with Crippen LogP contribution in [0.2, 0.25) is 12.6 Å². The monoisotopic (exact) mass is 469 g/mol. The number of hydrogen-bond donors (Lipinski definition) is 0. The molecule has 0 saturated carbocycles. The van der Waals surface area contributed by atoms with Crippen LogP contribution >= 0.6 is 0 Å². The van der Waals surface area contributed by atoms with Gasteiger partial charge in [-0.1, -0.05) is 86.2 Å². The summed E-state index contributed by atoms with van der Waals surface area (Å²) in [7, 11) is 2.34. The minimum atomic E-state index is 0.458. The van der Waals surface area contributed by atoms with Crippen LogP contribution in [0.15, 0.2) is 103 Å². The number of hydrogen-bond acceptors (Lipinski definition) is 1. The van der Waals surface area contributed by atoms with Crippen molar-refractivity contribution in [3.8, 4) is 5.75 Å². The molecule has 179 valence electrons. The molecule has 2 aliphatic rings. The average Bonchev–Trinajstić information content (AvgIpc) is 2.87. The zero-order valence-electron chi connectivity index (χ0n) is 21.7. The van der Waals surface area contributed by atoms with Gasteiger partial charge in [-0.05, 0) is 108 Å². The highest BCUT2D eigenvalue weighted by Gasteiger charge is 2.21. The molecule has 1 radical (unpaired) electrons. The van der Waals surface area contributed by atoms with Crippen LogP contribution in [-0.2, 0) is 12.8 Å². The second-order valence-corrected chi connectivity index (χ2v) is 9.99. The Balaban J connectivity index is 1.45. The van der Waals surface area contributed by atoms with E-state index in [1.54, 1.807) is 0 Å². The van der Waals surface area contributed by atoms with Crippen molar-refractivity contribution in [2.75, 3.05) is 0 Å². The van der Waals surface area contributed by atoms with Crippen molar-refractivity contribution in [1.82, 2.24) is 0 Å². The van der Waals surface area contributed by atoms with E-state index in [1.807, 2.05) is 0 Å². The standard InChI is InChI=1S/C34H34BO/c1-23-10-5-7-13-29(23)28-17-18-31-27(12-9-15-34(31)36-25(3)20-28)21-26-16-19-33(35-4)32(22-26)30-14-8-6-11-24(30)2/h5-16,20,22,33H,3,17-19,21H2,1-2,4H3/b28-20+. The summed E-state index contributed by atoms with van der Waals surface area (Å²) >= 11 is 0. The van der Waals surface area contributed by atoms with Crippen LogP contribution in [0.3, 0.4) is 0 Å². The summed E-state index contributed by atoms with van der Waals surface area (Å²) in [4.78, 5) is 0. The smallest absolute Gasteiger partial charge is 0.130 e. The Morgan fingerprint density at radius 1 is 0.861 bits per heavy atom. The average molecular weight is 469 g/mol. The van der Waals surface area contributed by atoms with Gasteiger partial charge in [0.2, 0.25) is 0 Å². The van der Waals surface area contributed by atoms with E-state index in [-0.39, 0.29) is 0 Å². The molecule has 0 saturated heterocycles. The molecule has 36 heavy (non-hydrogen) atoms. The zero-order valence-corrected chi connectivity index (χ0v) is 21.7. The summed E-state index contributed by atoms with van der Waals surface area (Å²) in [5, 5.41) is 0. The molecule has 3 aromatic rings. The fourth-order valence-electron chi connectivity index (χ4n) is 5.60. The molecule has 2 heteroatoms. The fraction of sp³-hybridized carbons (Fsp3) is 0.235. The third-order valence-corrected chi connectivity index (χ3v) is 7.57. The molecule has 0 amide bonds. The van der Waals surface area contributed by atoms with Crippen molar-refractivity contribution in [1.29, 1.82) is 0 Å². The van der Waals surface area contributed by atoms with E-state index < -0.39 is 0 Å². The lowest BCUT2D eigenvalue weighted by atomic mass is 9.59. The van der Waals surface area contributed by atoms with Crippen molar-refractivity contribution >= 4 is 18.4 Å². The summed E-state index contributed by atoms with van der Waals surface area (Å²) in [5.74, 6) is 2.10. The second kappa shape index (κ2) is 10.6. The molecule has 5 rings (SSSR count). The van der Waals surface area contributed by atoms with Crippen molar-refractivity contribution in [2.45, 2.75) is 52.2 Å². The summed E-state index contributed by atoms with van der Waals surface area (Å²) in [6.45, 7) is 10.8. The van der Waals surface area contributed by atoms with Gasteiger partial charge in [0.05, 0.1) is 0 Å². The first-order chi connectivity index (χ1) is 17.5. The Morgan fingerprint density at radius 2 is 1.58 bits per heavy atom. The minimum Gasteiger partial charge on any atom is -0.458 e. The number of benzene rings is 3. The summed E-state index contributed by atoms with van der Waals surface area (Å²) in [6.07, 6.45) is 10.8. The number of rotatable bonds is 5. The lowest BCUT2D eigenvalue weighted by molar-refractivity contribution is 0.438. The zero-order chi connectivity index (χ0) is 25.1. The van der Waals surface area contributed by atoms with Crippen LogP contribution in [0.4, 0.5) is 0 Å². The number of ether oxygens (including phenoxy) is 1. The third-order valence-electron chi connectivity index (χ3n) is 7.57. The maximum absolute atomic E-state index is 6.29. The molecule has 3 aromatic carbocycles. The predicted octanol–water partition coefficient (Wildman–Crippen LogP) is 8.72. The van der Waals surface area contributed by atoms with Gasteiger partial charge in [-0.2, -0.15) is 0 Å². The van der Waals surface area contributed by atoms with Crippen LogP contribution in [0.5, 0.6) is 5.75 Å². The van der Waals surface area contributed by atoms with Gasteiger partial charge >= 0.3 is 0 Å². The largest absolute Gasteiger partial charge is 0.458 e. The maximum Gasteiger partial charge on any atom is 0.130 e. The fourth-order valence-corrected chi connectivity index (χ4v) is 5.60. The molecule has 1 unspecified atom stereocenters. The van der Waals surface area contributed by atoms with Crippen LogP contribution in [-0.4, -0.2) is 7.28 Å². The van der Waals surface area contributed by atoms with Gasteiger partial charge in [-0.15, -0.1) is 0 Å². The van der Waals surface area contributed by atoms with Crippen molar-refractivity contribution in [3.05, 3.63) is 136 Å². The van der Waals surface area contributed by atoms with E-state index in [1.165, 1.54) is 50.1 Å². The van der Waals surface area contributed by atoms with Crippen LogP contribution < -0.4 is 4.74 Å². The molecule has 1 aliphatic heterocycles. The maximum atomic E-state index is 6.29. The predicted molar refractivity (Wildman–Crippen MR) is 155 cm³/mol. The van der Waals surface area contributed by atoms with Crippen molar-refractivity contribution in [2.24, 2.45) is 0 Å². The van der Waals surface area contributed by atoms with Crippen molar-refractivity contribution in [3.63, 3.8) is 0 Å². The van der Waals surface area contributed by atoms with E-state index in [0.717, 1.165) is 31.4 Å². The quantitative estimate of drug-likeness (QED) is 0.340. The van der Waals surface area contributed by atoms with Crippen LogP contribution in [0.25, 0.3) is 11.1 Å². The van der Waals surface area contributed by atoms with Gasteiger partial charge in [-0.25, -0.2) is 0 Å². The molecule has 0 fully saturated rings. The number of allylic oxidation sites excluding steroid dienone is 6. The lowest BCUT2D eigenvalue weighted by Gasteiger charge is -2.25. The molecular formula is C34H34BO. The van der Waals surface area contributed by atoms with Gasteiger partial charge in [0.25, 0.3) is 0 Å². The normalized spacial score (nSPS) is 19.0. The van der Waals surface area contributed by atoms with Gasteiger partial charge in [0.15, 0.2) is 0 Å². The Hall–Kier alpha value is -3.52. The molecule has 1 aliphatic carbocycles. The second-order valence-electron chi connectivity index (χ2n) is 9.99. The van der Waals surface area contributed by atoms with Crippen LogP contribution in [0.1, 0.15) is 46.2 Å². The first kappa shape index (κ1) is 24.2. The van der Waals surface area contributed by atoms with Gasteiger partial charge < -0.3 is 4.74 Å². The van der Waals surface area contributed by atoms with E-state index in [0.29, 0.717) is 11.6 Å².